The zero-order valence-corrected chi connectivity index (χ0v) is 25.8. The number of thiophene rings is 2. The lowest BCUT2D eigenvalue weighted by Gasteiger charge is -2.14. The van der Waals surface area contributed by atoms with Gasteiger partial charge in [-0.05, 0) is 12.1 Å². The fourth-order valence-electron chi connectivity index (χ4n) is 3.98. The monoisotopic (exact) mass is 680 g/mol. The number of carbonyl (C=O) groups excluding carboxylic acids is 2. The van der Waals surface area contributed by atoms with Crippen LogP contribution in [0.1, 0.15) is 25.8 Å². The molecule has 0 amide bonds. The first kappa shape index (κ1) is 33.0. The normalized spacial score (nSPS) is 12.1. The van der Waals surface area contributed by atoms with E-state index in [2.05, 4.69) is 0 Å². The van der Waals surface area contributed by atoms with Crippen molar-refractivity contribution in [3.8, 4) is 23.0 Å². The van der Waals surface area contributed by atoms with Crippen molar-refractivity contribution in [3.63, 3.8) is 0 Å². The summed E-state index contributed by atoms with van der Waals surface area (Å²) in [4.78, 5) is 60.6. The average molecular weight is 681 g/mol. The summed E-state index contributed by atoms with van der Waals surface area (Å²) < 4.78 is 75.2. The van der Waals surface area contributed by atoms with Crippen molar-refractivity contribution in [2.24, 2.45) is 0 Å². The first-order valence-corrected chi connectivity index (χ1v) is 17.4. The zero-order valence-electron chi connectivity index (χ0n) is 22.4. The summed E-state index contributed by atoms with van der Waals surface area (Å²) in [6.45, 7) is -0.225. The SMILES string of the molecule is COc1cc2sc(C(=O)CP(=O)(O)O)cc2c(F)c1OCCCOc1c(OC)cc2sc(C(=O)CP(=O)(O)O)cc2c1F. The Morgan fingerprint density at radius 1 is 0.721 bits per heavy atom. The van der Waals surface area contributed by atoms with E-state index in [1.54, 1.807) is 0 Å². The Hall–Kier alpha value is -2.94. The van der Waals surface area contributed by atoms with Crippen molar-refractivity contribution < 1.29 is 66.0 Å². The molecule has 2 aromatic heterocycles. The number of carbonyl (C=O) groups is 2. The molecule has 0 bridgehead atoms. The summed E-state index contributed by atoms with van der Waals surface area (Å²) in [6, 6.07) is 5.23. The molecule has 0 unspecified atom stereocenters. The molecule has 0 fully saturated rings. The molecule has 0 saturated heterocycles. The highest BCUT2D eigenvalue weighted by Crippen LogP contribution is 2.43. The van der Waals surface area contributed by atoms with E-state index in [1.165, 1.54) is 38.5 Å². The molecule has 12 nitrogen and oxygen atoms in total. The molecule has 4 rings (SSSR count). The molecule has 18 heteroatoms. The van der Waals surface area contributed by atoms with Crippen LogP contribution in [-0.4, -0.2) is 70.9 Å². The van der Waals surface area contributed by atoms with Gasteiger partial charge < -0.3 is 38.5 Å². The third kappa shape index (κ3) is 7.78. The Balaban J connectivity index is 1.46. The Morgan fingerprint density at radius 2 is 1.09 bits per heavy atom. The maximum absolute atomic E-state index is 15.3. The van der Waals surface area contributed by atoms with E-state index < -0.39 is 50.7 Å². The highest BCUT2D eigenvalue weighted by Gasteiger charge is 2.26. The van der Waals surface area contributed by atoms with Gasteiger partial charge in [0, 0.05) is 38.7 Å². The van der Waals surface area contributed by atoms with Crippen LogP contribution < -0.4 is 18.9 Å². The number of hydrogen-bond acceptors (Lipinski definition) is 10. The second-order valence-electron chi connectivity index (χ2n) is 9.03. The number of benzene rings is 2. The molecule has 4 aromatic rings. The van der Waals surface area contributed by atoms with Gasteiger partial charge >= 0.3 is 15.2 Å². The smallest absolute Gasteiger partial charge is 0.333 e. The Labute approximate surface area is 250 Å². The molecular weight excluding hydrogens is 656 g/mol. The summed E-state index contributed by atoms with van der Waals surface area (Å²) in [7, 11) is -6.65. The lowest BCUT2D eigenvalue weighted by molar-refractivity contribution is 0.101. The molecule has 4 N–H and O–H groups in total. The van der Waals surface area contributed by atoms with E-state index in [9.17, 15) is 18.7 Å². The number of Topliss-reactive ketones (excluding diaryl/α,β-unsaturated/α-hetero) is 2. The van der Waals surface area contributed by atoms with E-state index >= 15 is 8.78 Å². The highest BCUT2D eigenvalue weighted by atomic mass is 32.1. The Morgan fingerprint density at radius 3 is 1.42 bits per heavy atom. The quantitative estimate of drug-likeness (QED) is 0.0797. The maximum Gasteiger partial charge on any atom is 0.333 e. The predicted molar refractivity (Wildman–Crippen MR) is 155 cm³/mol. The second kappa shape index (κ2) is 13.0. The molecule has 0 aliphatic heterocycles. The summed E-state index contributed by atoms with van der Waals surface area (Å²) in [5.74, 6) is -3.86. The van der Waals surface area contributed by atoms with Gasteiger partial charge in [0.15, 0.2) is 46.2 Å². The number of fused-ring (bicyclic) bond motifs is 2. The van der Waals surface area contributed by atoms with Crippen LogP contribution in [0.3, 0.4) is 0 Å². The zero-order chi connectivity index (χ0) is 31.7. The van der Waals surface area contributed by atoms with Crippen LogP contribution in [0.4, 0.5) is 8.78 Å². The van der Waals surface area contributed by atoms with E-state index in [1.807, 2.05) is 0 Å². The molecular formula is C25H24F2O12P2S2. The van der Waals surface area contributed by atoms with E-state index in [-0.39, 0.29) is 63.2 Å². The fraction of sp³-hybridized carbons (Fsp3) is 0.280. The van der Waals surface area contributed by atoms with Crippen molar-refractivity contribution in [2.45, 2.75) is 6.42 Å². The van der Waals surface area contributed by atoms with E-state index in [0.29, 0.717) is 9.40 Å². The van der Waals surface area contributed by atoms with Crippen LogP contribution in [0, 0.1) is 11.6 Å². The molecule has 2 heterocycles. The number of ketones is 2. The van der Waals surface area contributed by atoms with Crippen LogP contribution in [0.25, 0.3) is 20.2 Å². The minimum absolute atomic E-state index is 0.000583. The predicted octanol–water partition coefficient (Wildman–Crippen LogP) is 4.98. The van der Waals surface area contributed by atoms with Crippen molar-refractivity contribution in [1.82, 2.24) is 0 Å². The first-order valence-electron chi connectivity index (χ1n) is 12.1. The van der Waals surface area contributed by atoms with Crippen LogP contribution >= 0.6 is 37.9 Å². The number of ether oxygens (including phenoxy) is 4. The standard InChI is InChI=1S/C25H24F2O12P2S2/c1-36-16-8-18-12(6-20(42-18)14(28)10-40(30,31)32)22(26)24(16)38-4-3-5-39-25-17(37-2)9-19-13(23(25)27)7-21(43-19)15(29)11-41(33,34)35/h6-9H,3-5,10-11H2,1-2H3,(H2,30,31,32)(H2,33,34,35). The van der Waals surface area contributed by atoms with Gasteiger partial charge in [0.1, 0.15) is 12.3 Å². The van der Waals surface area contributed by atoms with Gasteiger partial charge in [-0.3, -0.25) is 18.7 Å². The minimum atomic E-state index is -4.61. The van der Waals surface area contributed by atoms with Gasteiger partial charge in [-0.25, -0.2) is 8.78 Å². The Kier molecular flexibility index (Phi) is 9.94. The van der Waals surface area contributed by atoms with Crippen LogP contribution in [0.5, 0.6) is 23.0 Å². The number of halogens is 2. The number of methoxy groups -OCH3 is 2. The molecule has 0 aliphatic carbocycles. The first-order chi connectivity index (χ1) is 20.1. The molecule has 232 valence electrons. The lowest BCUT2D eigenvalue weighted by Crippen LogP contribution is -2.08. The highest BCUT2D eigenvalue weighted by molar-refractivity contribution is 7.53. The maximum atomic E-state index is 15.3. The minimum Gasteiger partial charge on any atom is -0.493 e. The largest absolute Gasteiger partial charge is 0.493 e. The molecule has 0 aliphatic rings. The van der Waals surface area contributed by atoms with Gasteiger partial charge in [0.05, 0.1) is 37.2 Å². The molecule has 0 radical (unpaired) electrons. The van der Waals surface area contributed by atoms with E-state index in [4.69, 9.17) is 38.5 Å². The average Bonchev–Trinajstić information content (AvgIpc) is 3.53. The molecule has 43 heavy (non-hydrogen) atoms. The molecule has 0 atom stereocenters. The van der Waals surface area contributed by atoms with Crippen LogP contribution in [0.2, 0.25) is 0 Å². The van der Waals surface area contributed by atoms with Crippen molar-refractivity contribution in [2.75, 3.05) is 39.8 Å². The van der Waals surface area contributed by atoms with Crippen molar-refractivity contribution in [1.29, 1.82) is 0 Å². The van der Waals surface area contributed by atoms with E-state index in [0.717, 1.165) is 22.7 Å². The van der Waals surface area contributed by atoms with Gasteiger partial charge in [0.2, 0.25) is 0 Å². The summed E-state index contributed by atoms with van der Waals surface area (Å²) in [6.07, 6.45) is -1.89. The van der Waals surface area contributed by atoms with Crippen molar-refractivity contribution in [3.05, 3.63) is 45.7 Å². The summed E-state index contributed by atoms with van der Waals surface area (Å²) >= 11 is 1.70. The molecule has 0 spiro atoms. The summed E-state index contributed by atoms with van der Waals surface area (Å²) in [5, 5.41) is 0.00117. The second-order valence-corrected chi connectivity index (χ2v) is 14.5. The third-order valence-corrected chi connectivity index (χ3v) is 9.48. The van der Waals surface area contributed by atoms with Crippen molar-refractivity contribution >= 4 is 69.6 Å². The van der Waals surface area contributed by atoms with Gasteiger partial charge in [-0.1, -0.05) is 0 Å². The van der Waals surface area contributed by atoms with Gasteiger partial charge in [-0.15, -0.1) is 22.7 Å². The topological polar surface area (TPSA) is 186 Å². The fourth-order valence-corrected chi connectivity index (χ4v) is 7.33. The van der Waals surface area contributed by atoms with Gasteiger partial charge in [-0.2, -0.15) is 0 Å². The number of hydrogen-bond donors (Lipinski definition) is 4. The number of rotatable bonds is 14. The van der Waals surface area contributed by atoms with Crippen LogP contribution in [0.15, 0.2) is 24.3 Å². The van der Waals surface area contributed by atoms with Gasteiger partial charge in [0.25, 0.3) is 0 Å². The lowest BCUT2D eigenvalue weighted by atomic mass is 10.2. The molecule has 2 aromatic carbocycles. The third-order valence-electron chi connectivity index (χ3n) is 5.84. The Bertz CT molecular complexity index is 1680. The van der Waals surface area contributed by atoms with Crippen LogP contribution in [-0.2, 0) is 9.13 Å². The summed E-state index contributed by atoms with van der Waals surface area (Å²) in [5.41, 5.74) is 0. The molecule has 0 saturated carbocycles.